The third-order valence-electron chi connectivity index (χ3n) is 3.74. The van der Waals surface area contributed by atoms with Crippen LogP contribution < -0.4 is 14.8 Å². The second kappa shape index (κ2) is 9.39. The maximum Gasteiger partial charge on any atom is 0.263 e. The van der Waals surface area contributed by atoms with Gasteiger partial charge in [-0.25, -0.2) is 0 Å². The normalized spacial score (nSPS) is 14.9. The minimum atomic E-state index is -0.164. The van der Waals surface area contributed by atoms with Crippen LogP contribution in [0.1, 0.15) is 11.1 Å². The Bertz CT molecular complexity index is 893. The highest BCUT2D eigenvalue weighted by Gasteiger charge is 2.21. The van der Waals surface area contributed by atoms with Crippen LogP contribution in [0.3, 0.4) is 0 Å². The van der Waals surface area contributed by atoms with Crippen LogP contribution in [0.25, 0.3) is 6.08 Å². The summed E-state index contributed by atoms with van der Waals surface area (Å²) in [6.45, 7) is 4.62. The highest BCUT2D eigenvalue weighted by atomic mass is 32.2. The zero-order valence-electron chi connectivity index (χ0n) is 14.6. The molecule has 3 rings (SSSR count). The van der Waals surface area contributed by atoms with Crippen LogP contribution in [0.4, 0.5) is 0 Å². The van der Waals surface area contributed by atoms with Crippen molar-refractivity contribution in [2.45, 2.75) is 6.42 Å². The Balaban J connectivity index is 1.55. The predicted octanol–water partition coefficient (Wildman–Crippen LogP) is 4.36. The molecule has 1 amide bonds. The van der Waals surface area contributed by atoms with Crippen LogP contribution in [-0.2, 0) is 11.2 Å². The van der Waals surface area contributed by atoms with Crippen LogP contribution in [0.2, 0.25) is 0 Å². The number of hydrogen-bond donors (Lipinski definition) is 1. The fourth-order valence-corrected chi connectivity index (χ4v) is 3.59. The molecular formula is C21H19NO3S2. The van der Waals surface area contributed by atoms with Gasteiger partial charge in [0.15, 0.2) is 0 Å². The second-order valence-electron chi connectivity index (χ2n) is 5.72. The Kier molecular flexibility index (Phi) is 6.68. The van der Waals surface area contributed by atoms with Gasteiger partial charge in [0.2, 0.25) is 0 Å². The van der Waals surface area contributed by atoms with Crippen molar-refractivity contribution in [1.29, 1.82) is 0 Å². The molecule has 138 valence electrons. The summed E-state index contributed by atoms with van der Waals surface area (Å²) in [5.74, 6) is 1.40. The van der Waals surface area contributed by atoms with Gasteiger partial charge in [0.05, 0.1) is 4.91 Å². The molecule has 0 aliphatic carbocycles. The van der Waals surface area contributed by atoms with Gasteiger partial charge in [0.1, 0.15) is 29.0 Å². The Morgan fingerprint density at radius 2 is 1.93 bits per heavy atom. The second-order valence-corrected chi connectivity index (χ2v) is 7.44. The summed E-state index contributed by atoms with van der Waals surface area (Å²) < 4.78 is 12.1. The number of nitrogens with one attached hydrogen (secondary N) is 1. The Morgan fingerprint density at radius 3 is 2.70 bits per heavy atom. The molecule has 1 aliphatic heterocycles. The first-order valence-corrected chi connectivity index (χ1v) is 9.67. The molecule has 4 nitrogen and oxygen atoms in total. The number of carbonyl (C=O) groups is 1. The number of carbonyl (C=O) groups excluding carboxylic acids is 1. The van der Waals surface area contributed by atoms with Gasteiger partial charge in [0.25, 0.3) is 5.91 Å². The molecule has 0 bridgehead atoms. The van der Waals surface area contributed by atoms with E-state index < -0.39 is 0 Å². The Hall–Kier alpha value is -2.57. The minimum absolute atomic E-state index is 0.164. The average molecular weight is 398 g/mol. The van der Waals surface area contributed by atoms with Gasteiger partial charge in [-0.3, -0.25) is 4.79 Å². The first-order valence-electron chi connectivity index (χ1n) is 8.45. The number of thioether (sulfide) groups is 1. The zero-order chi connectivity index (χ0) is 19.1. The summed E-state index contributed by atoms with van der Waals surface area (Å²) in [5.41, 5.74) is 1.98. The van der Waals surface area contributed by atoms with E-state index in [0.717, 1.165) is 29.0 Å². The molecular weight excluding hydrogens is 378 g/mol. The molecule has 0 aromatic heterocycles. The standard InChI is InChI=1S/C21H19NO3S2/c1-2-6-16-8-3-4-10-18(16)25-12-11-24-17-9-5-7-15(13-17)14-19-20(23)22-21(26)27-19/h2-5,7-10,13-14H,1,6,11-12H2,(H,22,23,26)/b19-14+. The smallest absolute Gasteiger partial charge is 0.263 e. The third-order valence-corrected chi connectivity index (χ3v) is 4.91. The SMILES string of the molecule is C=CCc1ccccc1OCCOc1cccc(/C=C2/SC(=S)NC2=O)c1. The van der Waals surface area contributed by atoms with Gasteiger partial charge in [-0.05, 0) is 41.8 Å². The van der Waals surface area contributed by atoms with Crippen LogP contribution in [0.15, 0.2) is 66.1 Å². The van der Waals surface area contributed by atoms with E-state index in [1.807, 2.05) is 54.6 Å². The van der Waals surface area contributed by atoms with E-state index in [1.54, 1.807) is 6.08 Å². The van der Waals surface area contributed by atoms with Gasteiger partial charge >= 0.3 is 0 Å². The monoisotopic (exact) mass is 397 g/mol. The van der Waals surface area contributed by atoms with Gasteiger partial charge in [0, 0.05) is 0 Å². The Labute approximate surface area is 168 Å². The zero-order valence-corrected chi connectivity index (χ0v) is 16.3. The number of rotatable bonds is 8. The van der Waals surface area contributed by atoms with Crippen molar-refractivity contribution in [2.75, 3.05) is 13.2 Å². The first kappa shape index (κ1) is 19.2. The van der Waals surface area contributed by atoms with Crippen molar-refractivity contribution in [3.63, 3.8) is 0 Å². The highest BCUT2D eigenvalue weighted by molar-refractivity contribution is 8.26. The first-order chi connectivity index (χ1) is 13.2. The number of allylic oxidation sites excluding steroid dienone is 1. The summed E-state index contributed by atoms with van der Waals surface area (Å²) in [7, 11) is 0. The lowest BCUT2D eigenvalue weighted by molar-refractivity contribution is -0.115. The molecule has 6 heteroatoms. The molecule has 1 heterocycles. The molecule has 0 saturated carbocycles. The average Bonchev–Trinajstić information content (AvgIpc) is 2.97. The fraction of sp³-hybridized carbons (Fsp3) is 0.143. The summed E-state index contributed by atoms with van der Waals surface area (Å²) in [6.07, 6.45) is 4.42. The van der Waals surface area contributed by atoms with E-state index in [-0.39, 0.29) is 5.91 Å². The maximum absolute atomic E-state index is 11.8. The van der Waals surface area contributed by atoms with E-state index in [2.05, 4.69) is 11.9 Å². The van der Waals surface area contributed by atoms with Crippen molar-refractivity contribution < 1.29 is 14.3 Å². The molecule has 0 unspecified atom stereocenters. The molecule has 1 N–H and O–H groups in total. The quantitative estimate of drug-likeness (QED) is 0.310. The maximum atomic E-state index is 11.8. The van der Waals surface area contributed by atoms with E-state index in [9.17, 15) is 4.79 Å². The highest BCUT2D eigenvalue weighted by Crippen LogP contribution is 2.27. The summed E-state index contributed by atoms with van der Waals surface area (Å²) in [4.78, 5) is 12.3. The van der Waals surface area contributed by atoms with Gasteiger partial charge < -0.3 is 14.8 Å². The number of amides is 1. The van der Waals surface area contributed by atoms with E-state index in [1.165, 1.54) is 11.8 Å². The summed E-state index contributed by atoms with van der Waals surface area (Å²) >= 11 is 6.26. The summed E-state index contributed by atoms with van der Waals surface area (Å²) in [5, 5.41) is 2.61. The third kappa shape index (κ3) is 5.45. The van der Waals surface area contributed by atoms with Crippen molar-refractivity contribution in [2.24, 2.45) is 0 Å². The molecule has 2 aromatic carbocycles. The molecule has 1 fully saturated rings. The van der Waals surface area contributed by atoms with Crippen molar-refractivity contribution in [1.82, 2.24) is 5.32 Å². The minimum Gasteiger partial charge on any atom is -0.490 e. The number of benzene rings is 2. The molecule has 2 aromatic rings. The van der Waals surface area contributed by atoms with Crippen LogP contribution in [0, 0.1) is 0 Å². The van der Waals surface area contributed by atoms with Crippen LogP contribution >= 0.6 is 24.0 Å². The number of thiocarbonyl (C=S) groups is 1. The van der Waals surface area contributed by atoms with Gasteiger partial charge in [-0.15, -0.1) is 6.58 Å². The number of hydrogen-bond acceptors (Lipinski definition) is 5. The molecule has 1 aliphatic rings. The topological polar surface area (TPSA) is 47.6 Å². The van der Waals surface area contributed by atoms with Gasteiger partial charge in [-0.2, -0.15) is 0 Å². The van der Waals surface area contributed by atoms with Crippen molar-refractivity contribution >= 4 is 40.3 Å². The number of ether oxygens (including phenoxy) is 2. The van der Waals surface area contributed by atoms with Crippen molar-refractivity contribution in [3.05, 3.63) is 77.2 Å². The lowest BCUT2D eigenvalue weighted by atomic mass is 10.1. The van der Waals surface area contributed by atoms with E-state index >= 15 is 0 Å². The van der Waals surface area contributed by atoms with Gasteiger partial charge in [-0.1, -0.05) is 60.4 Å². The van der Waals surface area contributed by atoms with Crippen LogP contribution in [0.5, 0.6) is 11.5 Å². The lowest BCUT2D eigenvalue weighted by Gasteiger charge is -2.11. The number of para-hydroxylation sites is 1. The van der Waals surface area contributed by atoms with E-state index in [4.69, 9.17) is 21.7 Å². The molecule has 0 radical (unpaired) electrons. The molecule has 0 atom stereocenters. The Morgan fingerprint density at radius 1 is 1.11 bits per heavy atom. The fourth-order valence-electron chi connectivity index (χ4n) is 2.55. The van der Waals surface area contributed by atoms with E-state index in [0.29, 0.717) is 22.4 Å². The predicted molar refractivity (Wildman–Crippen MR) is 114 cm³/mol. The lowest BCUT2D eigenvalue weighted by Crippen LogP contribution is -2.17. The summed E-state index contributed by atoms with van der Waals surface area (Å²) in [6, 6.07) is 15.5. The van der Waals surface area contributed by atoms with Crippen LogP contribution in [-0.4, -0.2) is 23.4 Å². The van der Waals surface area contributed by atoms with Crippen molar-refractivity contribution in [3.8, 4) is 11.5 Å². The largest absolute Gasteiger partial charge is 0.490 e. The molecule has 27 heavy (non-hydrogen) atoms. The molecule has 1 saturated heterocycles. The molecule has 0 spiro atoms.